The first-order valence-corrected chi connectivity index (χ1v) is 7.58. The van der Waals surface area contributed by atoms with Gasteiger partial charge in [-0.05, 0) is 37.0 Å². The summed E-state index contributed by atoms with van der Waals surface area (Å²) < 4.78 is 0. The highest BCUT2D eigenvalue weighted by molar-refractivity contribution is 5.14. The van der Waals surface area contributed by atoms with Gasteiger partial charge in [-0.3, -0.25) is 4.90 Å². The van der Waals surface area contributed by atoms with Crippen LogP contribution in [-0.4, -0.2) is 31.1 Å². The standard InChI is InChI=1S/C17H30N2/c1-5-19(14-17-9-7-6-8-10-17)13-16(4)12-18-11-15(2)3/h6-10,15-16,18H,5,11-14H2,1-4H3. The van der Waals surface area contributed by atoms with Crippen molar-refractivity contribution in [3.63, 3.8) is 0 Å². The smallest absolute Gasteiger partial charge is 0.0233 e. The van der Waals surface area contributed by atoms with E-state index < -0.39 is 0 Å². The van der Waals surface area contributed by atoms with E-state index >= 15 is 0 Å². The van der Waals surface area contributed by atoms with Crippen molar-refractivity contribution in [2.45, 2.75) is 34.2 Å². The van der Waals surface area contributed by atoms with Crippen LogP contribution in [0.15, 0.2) is 30.3 Å². The molecule has 1 N–H and O–H groups in total. The van der Waals surface area contributed by atoms with E-state index in [1.54, 1.807) is 0 Å². The van der Waals surface area contributed by atoms with Crippen molar-refractivity contribution in [1.82, 2.24) is 10.2 Å². The lowest BCUT2D eigenvalue weighted by atomic mass is 10.1. The normalized spacial score (nSPS) is 13.2. The molecular formula is C17H30N2. The highest BCUT2D eigenvalue weighted by Crippen LogP contribution is 2.07. The molecule has 1 atom stereocenters. The Hall–Kier alpha value is -0.860. The van der Waals surface area contributed by atoms with E-state index in [1.807, 2.05) is 0 Å². The van der Waals surface area contributed by atoms with E-state index in [4.69, 9.17) is 0 Å². The van der Waals surface area contributed by atoms with Crippen molar-refractivity contribution in [2.24, 2.45) is 11.8 Å². The summed E-state index contributed by atoms with van der Waals surface area (Å²) >= 11 is 0. The van der Waals surface area contributed by atoms with Gasteiger partial charge in [0.25, 0.3) is 0 Å². The zero-order chi connectivity index (χ0) is 14.1. The van der Waals surface area contributed by atoms with E-state index in [9.17, 15) is 0 Å². The maximum Gasteiger partial charge on any atom is 0.0233 e. The number of hydrogen-bond donors (Lipinski definition) is 1. The molecule has 0 spiro atoms. The van der Waals surface area contributed by atoms with Crippen LogP contribution in [0.1, 0.15) is 33.3 Å². The largest absolute Gasteiger partial charge is 0.316 e. The van der Waals surface area contributed by atoms with Crippen molar-refractivity contribution in [3.8, 4) is 0 Å². The molecule has 1 aromatic carbocycles. The molecule has 2 nitrogen and oxygen atoms in total. The highest BCUT2D eigenvalue weighted by atomic mass is 15.1. The van der Waals surface area contributed by atoms with Crippen LogP contribution in [0.2, 0.25) is 0 Å². The minimum atomic E-state index is 0.697. The van der Waals surface area contributed by atoms with Crippen LogP contribution < -0.4 is 5.32 Å². The SMILES string of the molecule is CCN(Cc1ccccc1)CC(C)CNCC(C)C. The Balaban J connectivity index is 2.31. The van der Waals surface area contributed by atoms with E-state index in [0.717, 1.165) is 38.6 Å². The molecular weight excluding hydrogens is 232 g/mol. The molecule has 1 rings (SSSR count). The molecule has 0 bridgehead atoms. The Bertz CT molecular complexity index is 321. The fraction of sp³-hybridized carbons (Fsp3) is 0.647. The number of rotatable bonds is 9. The second-order valence-electron chi connectivity index (χ2n) is 5.97. The van der Waals surface area contributed by atoms with Crippen LogP contribution in [0.3, 0.4) is 0 Å². The molecule has 1 aromatic rings. The molecule has 0 aliphatic rings. The molecule has 108 valence electrons. The van der Waals surface area contributed by atoms with Crippen LogP contribution in [-0.2, 0) is 6.54 Å². The molecule has 2 heteroatoms. The fourth-order valence-electron chi connectivity index (χ4n) is 2.27. The average molecular weight is 262 g/mol. The summed E-state index contributed by atoms with van der Waals surface area (Å²) in [6.45, 7) is 14.7. The van der Waals surface area contributed by atoms with Gasteiger partial charge >= 0.3 is 0 Å². The molecule has 0 amide bonds. The molecule has 0 fully saturated rings. The lowest BCUT2D eigenvalue weighted by Gasteiger charge is -2.25. The molecule has 1 unspecified atom stereocenters. The summed E-state index contributed by atoms with van der Waals surface area (Å²) in [7, 11) is 0. The molecule has 0 aromatic heterocycles. The van der Waals surface area contributed by atoms with Crippen LogP contribution in [0.25, 0.3) is 0 Å². The lowest BCUT2D eigenvalue weighted by Crippen LogP contribution is -2.34. The summed E-state index contributed by atoms with van der Waals surface area (Å²) in [6.07, 6.45) is 0. The Morgan fingerprint density at radius 3 is 2.32 bits per heavy atom. The van der Waals surface area contributed by atoms with E-state index in [2.05, 4.69) is 68.2 Å². The highest BCUT2D eigenvalue weighted by Gasteiger charge is 2.09. The summed E-state index contributed by atoms with van der Waals surface area (Å²) in [6, 6.07) is 10.8. The number of benzene rings is 1. The predicted molar refractivity (Wildman–Crippen MR) is 84.3 cm³/mol. The van der Waals surface area contributed by atoms with Gasteiger partial charge in [0.05, 0.1) is 0 Å². The van der Waals surface area contributed by atoms with Gasteiger partial charge in [0, 0.05) is 13.1 Å². The molecule has 0 saturated heterocycles. The maximum absolute atomic E-state index is 3.55. The van der Waals surface area contributed by atoms with E-state index in [1.165, 1.54) is 5.56 Å². The molecule has 19 heavy (non-hydrogen) atoms. The van der Waals surface area contributed by atoms with Crippen molar-refractivity contribution in [3.05, 3.63) is 35.9 Å². The Morgan fingerprint density at radius 2 is 1.74 bits per heavy atom. The van der Waals surface area contributed by atoms with Crippen LogP contribution in [0, 0.1) is 11.8 Å². The first-order chi connectivity index (χ1) is 9.11. The third-order valence-electron chi connectivity index (χ3n) is 3.31. The van der Waals surface area contributed by atoms with Crippen LogP contribution in [0.5, 0.6) is 0 Å². The lowest BCUT2D eigenvalue weighted by molar-refractivity contribution is 0.237. The van der Waals surface area contributed by atoms with E-state index in [-0.39, 0.29) is 0 Å². The molecule has 0 aliphatic carbocycles. The second-order valence-corrected chi connectivity index (χ2v) is 5.97. The second kappa shape index (κ2) is 9.11. The topological polar surface area (TPSA) is 15.3 Å². The summed E-state index contributed by atoms with van der Waals surface area (Å²) in [4.78, 5) is 2.52. The average Bonchev–Trinajstić information content (AvgIpc) is 2.38. The molecule has 0 heterocycles. The minimum absolute atomic E-state index is 0.697. The Kier molecular flexibility index (Phi) is 7.76. The summed E-state index contributed by atoms with van der Waals surface area (Å²) in [5.74, 6) is 1.43. The maximum atomic E-state index is 3.55. The van der Waals surface area contributed by atoms with Crippen LogP contribution >= 0.6 is 0 Å². The minimum Gasteiger partial charge on any atom is -0.316 e. The summed E-state index contributed by atoms with van der Waals surface area (Å²) in [5, 5.41) is 3.55. The number of hydrogen-bond acceptors (Lipinski definition) is 2. The first-order valence-electron chi connectivity index (χ1n) is 7.58. The molecule has 0 aliphatic heterocycles. The number of nitrogens with one attached hydrogen (secondary N) is 1. The van der Waals surface area contributed by atoms with Gasteiger partial charge < -0.3 is 5.32 Å². The van der Waals surface area contributed by atoms with Gasteiger partial charge in [-0.15, -0.1) is 0 Å². The van der Waals surface area contributed by atoms with Crippen molar-refractivity contribution >= 4 is 0 Å². The van der Waals surface area contributed by atoms with E-state index in [0.29, 0.717) is 5.92 Å². The quantitative estimate of drug-likeness (QED) is 0.734. The third-order valence-corrected chi connectivity index (χ3v) is 3.31. The van der Waals surface area contributed by atoms with Crippen molar-refractivity contribution in [2.75, 3.05) is 26.2 Å². The van der Waals surface area contributed by atoms with Gasteiger partial charge in [-0.2, -0.15) is 0 Å². The predicted octanol–water partition coefficient (Wildman–Crippen LogP) is 3.39. The van der Waals surface area contributed by atoms with Gasteiger partial charge in [0.2, 0.25) is 0 Å². The Labute approximate surface area is 119 Å². The zero-order valence-corrected chi connectivity index (χ0v) is 13.0. The monoisotopic (exact) mass is 262 g/mol. The van der Waals surface area contributed by atoms with Crippen molar-refractivity contribution in [1.29, 1.82) is 0 Å². The summed E-state index contributed by atoms with van der Waals surface area (Å²) in [5.41, 5.74) is 1.41. The zero-order valence-electron chi connectivity index (χ0n) is 13.0. The first kappa shape index (κ1) is 16.2. The van der Waals surface area contributed by atoms with Crippen molar-refractivity contribution < 1.29 is 0 Å². The van der Waals surface area contributed by atoms with Gasteiger partial charge in [-0.25, -0.2) is 0 Å². The number of nitrogens with zero attached hydrogens (tertiary/aromatic N) is 1. The molecule has 0 radical (unpaired) electrons. The molecule has 0 saturated carbocycles. The van der Waals surface area contributed by atoms with Gasteiger partial charge in [0.15, 0.2) is 0 Å². The van der Waals surface area contributed by atoms with Crippen LogP contribution in [0.4, 0.5) is 0 Å². The van der Waals surface area contributed by atoms with Gasteiger partial charge in [-0.1, -0.05) is 58.0 Å². The third kappa shape index (κ3) is 7.34. The van der Waals surface area contributed by atoms with Gasteiger partial charge in [0.1, 0.15) is 0 Å². The Morgan fingerprint density at radius 1 is 1.05 bits per heavy atom. The fourth-order valence-corrected chi connectivity index (χ4v) is 2.27.